The van der Waals surface area contributed by atoms with Gasteiger partial charge in [-0.2, -0.15) is 0 Å². The highest BCUT2D eigenvalue weighted by Gasteiger charge is 2.31. The van der Waals surface area contributed by atoms with Crippen molar-refractivity contribution in [3.8, 4) is 0 Å². The number of benzene rings is 2. The molecule has 0 N–H and O–H groups in total. The van der Waals surface area contributed by atoms with Crippen LogP contribution in [-0.2, 0) is 16.4 Å². The predicted octanol–water partition coefficient (Wildman–Crippen LogP) is 4.06. The Balaban J connectivity index is 1.64. The number of carbonyl (C=O) groups is 1. The fraction of sp³-hybridized carbons (Fsp3) is 0.250. The van der Waals surface area contributed by atoms with Crippen molar-refractivity contribution in [3.63, 3.8) is 0 Å². The number of fused-ring (bicyclic) bond motifs is 1. The van der Waals surface area contributed by atoms with Gasteiger partial charge in [-0.05, 0) is 61.7 Å². The van der Waals surface area contributed by atoms with Crippen LogP contribution in [0.5, 0.6) is 0 Å². The van der Waals surface area contributed by atoms with Gasteiger partial charge in [0.15, 0.2) is 0 Å². The molecule has 1 aliphatic heterocycles. The van der Waals surface area contributed by atoms with Crippen molar-refractivity contribution >= 4 is 21.6 Å². The third-order valence-corrected chi connectivity index (χ3v) is 7.56. The fourth-order valence-electron chi connectivity index (χ4n) is 4.04. The maximum absolute atomic E-state index is 13.4. The van der Waals surface area contributed by atoms with Gasteiger partial charge in [-0.15, -0.1) is 0 Å². The molecule has 2 aromatic carbocycles. The van der Waals surface area contributed by atoms with Gasteiger partial charge in [-0.3, -0.25) is 14.1 Å². The first-order valence-electron chi connectivity index (χ1n) is 10.3. The number of pyridine rings is 1. The average molecular weight is 436 g/mol. The molecule has 0 aliphatic carbocycles. The first-order chi connectivity index (χ1) is 14.9. The van der Waals surface area contributed by atoms with Gasteiger partial charge in [-0.1, -0.05) is 30.3 Å². The van der Waals surface area contributed by atoms with Gasteiger partial charge < -0.3 is 4.90 Å². The van der Waals surface area contributed by atoms with Gasteiger partial charge in [-0.25, -0.2) is 8.42 Å². The Bertz CT molecular complexity index is 1200. The van der Waals surface area contributed by atoms with E-state index in [-0.39, 0.29) is 16.8 Å². The van der Waals surface area contributed by atoms with E-state index in [9.17, 15) is 13.2 Å². The van der Waals surface area contributed by atoms with Crippen molar-refractivity contribution in [1.82, 2.24) is 9.88 Å². The number of para-hydroxylation sites is 1. The number of nitrogens with zero attached hydrogens (tertiary/aromatic N) is 3. The maximum Gasteiger partial charge on any atom is 0.264 e. The Kier molecular flexibility index (Phi) is 5.78. The second-order valence-electron chi connectivity index (χ2n) is 7.54. The second-order valence-corrected chi connectivity index (χ2v) is 9.40. The normalized spacial score (nSPS) is 14.2. The number of anilines is 1. The van der Waals surface area contributed by atoms with E-state index < -0.39 is 10.0 Å². The fourth-order valence-corrected chi connectivity index (χ4v) is 5.59. The summed E-state index contributed by atoms with van der Waals surface area (Å²) in [5.74, 6) is -0.210. The first kappa shape index (κ1) is 21.1. The molecule has 0 saturated carbocycles. The van der Waals surface area contributed by atoms with Crippen LogP contribution in [0.25, 0.3) is 0 Å². The zero-order valence-electron chi connectivity index (χ0n) is 17.6. The van der Waals surface area contributed by atoms with Crippen molar-refractivity contribution in [3.05, 3.63) is 89.7 Å². The summed E-state index contributed by atoms with van der Waals surface area (Å²) in [5, 5.41) is 0. The Morgan fingerprint density at radius 1 is 1.13 bits per heavy atom. The van der Waals surface area contributed by atoms with Crippen LogP contribution >= 0.6 is 0 Å². The Morgan fingerprint density at radius 2 is 1.94 bits per heavy atom. The van der Waals surface area contributed by atoms with Gasteiger partial charge in [0.1, 0.15) is 0 Å². The monoisotopic (exact) mass is 435 g/mol. The molecular weight excluding hydrogens is 410 g/mol. The highest BCUT2D eigenvalue weighted by Crippen LogP contribution is 2.33. The van der Waals surface area contributed by atoms with Gasteiger partial charge in [0.05, 0.1) is 16.6 Å². The molecule has 0 saturated heterocycles. The Labute approximate surface area is 183 Å². The molecule has 0 bridgehead atoms. The molecule has 1 aromatic heterocycles. The Morgan fingerprint density at radius 3 is 2.68 bits per heavy atom. The smallest absolute Gasteiger partial charge is 0.264 e. The van der Waals surface area contributed by atoms with Crippen LogP contribution in [0.4, 0.5) is 5.69 Å². The largest absolute Gasteiger partial charge is 0.332 e. The van der Waals surface area contributed by atoms with Crippen LogP contribution in [0.1, 0.15) is 41.4 Å². The summed E-state index contributed by atoms with van der Waals surface area (Å²) in [6, 6.07) is 17.4. The molecule has 0 radical (unpaired) electrons. The lowest BCUT2D eigenvalue weighted by Gasteiger charge is -2.28. The molecule has 3 aromatic rings. The molecule has 160 valence electrons. The molecule has 0 spiro atoms. The van der Waals surface area contributed by atoms with Crippen molar-refractivity contribution in [2.75, 3.05) is 17.4 Å². The van der Waals surface area contributed by atoms with Gasteiger partial charge >= 0.3 is 0 Å². The summed E-state index contributed by atoms with van der Waals surface area (Å²) in [7, 11) is -3.76. The van der Waals surface area contributed by atoms with Crippen LogP contribution < -0.4 is 4.31 Å². The van der Waals surface area contributed by atoms with E-state index >= 15 is 0 Å². The molecule has 0 fully saturated rings. The highest BCUT2D eigenvalue weighted by molar-refractivity contribution is 7.92. The summed E-state index contributed by atoms with van der Waals surface area (Å²) in [6.07, 6.45) is 4.12. The number of aromatic nitrogens is 1. The average Bonchev–Trinajstić information content (AvgIpc) is 3.25. The number of amides is 1. The molecule has 6 nitrogen and oxygen atoms in total. The van der Waals surface area contributed by atoms with E-state index in [1.807, 2.05) is 50.2 Å². The molecule has 7 heteroatoms. The maximum atomic E-state index is 13.4. The van der Waals surface area contributed by atoms with Crippen LogP contribution in [0.15, 0.2) is 78.0 Å². The Hall–Kier alpha value is -3.19. The van der Waals surface area contributed by atoms with Crippen molar-refractivity contribution in [2.24, 2.45) is 0 Å². The molecule has 1 aliphatic rings. The topological polar surface area (TPSA) is 70.6 Å². The first-order valence-corrected chi connectivity index (χ1v) is 11.8. The summed E-state index contributed by atoms with van der Waals surface area (Å²) in [6.45, 7) is 4.75. The number of hydrogen-bond acceptors (Lipinski definition) is 4. The van der Waals surface area contributed by atoms with Gasteiger partial charge in [0.2, 0.25) is 0 Å². The number of rotatable bonds is 6. The van der Waals surface area contributed by atoms with Crippen molar-refractivity contribution in [2.45, 2.75) is 31.2 Å². The molecule has 2 heterocycles. The molecule has 4 rings (SSSR count). The van der Waals surface area contributed by atoms with E-state index in [2.05, 4.69) is 4.98 Å². The SMILES string of the molecule is CCN(C(=O)c1cccc(S(=O)(=O)N2CCc3ccccc32)c1)C(C)c1cccnc1. The predicted molar refractivity (Wildman–Crippen MR) is 120 cm³/mol. The molecule has 1 unspecified atom stereocenters. The molecule has 1 atom stereocenters. The third-order valence-electron chi connectivity index (χ3n) is 5.75. The lowest BCUT2D eigenvalue weighted by Crippen LogP contribution is -2.34. The molecular formula is C24H25N3O3S. The highest BCUT2D eigenvalue weighted by atomic mass is 32.2. The van der Waals surface area contributed by atoms with E-state index in [4.69, 9.17) is 0 Å². The van der Waals surface area contributed by atoms with E-state index in [1.54, 1.807) is 35.5 Å². The number of hydrogen-bond donors (Lipinski definition) is 0. The van der Waals surface area contributed by atoms with Gasteiger partial charge in [0.25, 0.3) is 15.9 Å². The minimum atomic E-state index is -3.76. The summed E-state index contributed by atoms with van der Waals surface area (Å²) < 4.78 is 28.2. The van der Waals surface area contributed by atoms with E-state index in [1.165, 1.54) is 10.4 Å². The zero-order valence-corrected chi connectivity index (χ0v) is 18.4. The van der Waals surface area contributed by atoms with Crippen molar-refractivity contribution < 1.29 is 13.2 Å². The lowest BCUT2D eigenvalue weighted by atomic mass is 10.1. The summed E-state index contributed by atoms with van der Waals surface area (Å²) >= 11 is 0. The standard InChI is InChI=1S/C24H25N3O3S/c1-3-26(18(2)21-10-7-14-25-17-21)24(28)20-9-6-11-22(16-20)31(29,30)27-15-13-19-8-4-5-12-23(19)27/h4-12,14,16-18H,3,13,15H2,1-2H3. The van der Waals surface area contributed by atoms with Crippen LogP contribution in [0.2, 0.25) is 0 Å². The molecule has 31 heavy (non-hydrogen) atoms. The van der Waals surface area contributed by atoms with Gasteiger partial charge in [0, 0.05) is 31.0 Å². The molecule has 1 amide bonds. The second kappa shape index (κ2) is 8.51. The quantitative estimate of drug-likeness (QED) is 0.586. The van der Waals surface area contributed by atoms with E-state index in [0.717, 1.165) is 11.1 Å². The minimum absolute atomic E-state index is 0.125. The number of sulfonamides is 1. The minimum Gasteiger partial charge on any atom is -0.332 e. The van der Waals surface area contributed by atoms with E-state index in [0.29, 0.717) is 30.8 Å². The third kappa shape index (κ3) is 3.93. The summed E-state index contributed by atoms with van der Waals surface area (Å²) in [4.78, 5) is 19.3. The number of carbonyl (C=O) groups excluding carboxylic acids is 1. The van der Waals surface area contributed by atoms with Crippen LogP contribution in [0.3, 0.4) is 0 Å². The van der Waals surface area contributed by atoms with Crippen LogP contribution in [-0.4, -0.2) is 37.3 Å². The van der Waals surface area contributed by atoms with Crippen LogP contribution in [0, 0.1) is 0 Å². The lowest BCUT2D eigenvalue weighted by molar-refractivity contribution is 0.0702. The zero-order chi connectivity index (χ0) is 22.0. The van der Waals surface area contributed by atoms with Crippen molar-refractivity contribution in [1.29, 1.82) is 0 Å². The summed E-state index contributed by atoms with van der Waals surface area (Å²) in [5.41, 5.74) is 3.00.